The van der Waals surface area contributed by atoms with Gasteiger partial charge in [0.25, 0.3) is 0 Å². The van der Waals surface area contributed by atoms with E-state index in [1.165, 1.54) is 32.1 Å². The van der Waals surface area contributed by atoms with Crippen molar-refractivity contribution in [3.63, 3.8) is 0 Å². The van der Waals surface area contributed by atoms with Crippen LogP contribution >= 0.6 is 15.9 Å². The number of aryl methyl sites for hydroxylation is 1. The van der Waals surface area contributed by atoms with Gasteiger partial charge in [-0.1, -0.05) is 32.6 Å². The summed E-state index contributed by atoms with van der Waals surface area (Å²) < 4.78 is 1.11. The van der Waals surface area contributed by atoms with Crippen molar-refractivity contribution in [2.75, 3.05) is 0 Å². The van der Waals surface area contributed by atoms with Crippen LogP contribution in [0.2, 0.25) is 0 Å². The fraction of sp³-hybridized carbons (Fsp3) is 0.700. The Morgan fingerprint density at radius 1 is 1.31 bits per heavy atom. The van der Waals surface area contributed by atoms with E-state index >= 15 is 0 Å². The average molecular weight is 245 g/mol. The number of hydrogen-bond acceptors (Lipinski definition) is 1. The lowest BCUT2D eigenvalue weighted by Crippen LogP contribution is -1.87. The summed E-state index contributed by atoms with van der Waals surface area (Å²) in [7, 11) is 0. The molecule has 1 heterocycles. The van der Waals surface area contributed by atoms with Gasteiger partial charge in [0.05, 0.1) is 10.2 Å². The van der Waals surface area contributed by atoms with E-state index in [0.717, 1.165) is 16.6 Å². The molecule has 13 heavy (non-hydrogen) atoms. The van der Waals surface area contributed by atoms with Gasteiger partial charge in [-0.3, -0.25) is 5.10 Å². The molecule has 0 saturated carbocycles. The van der Waals surface area contributed by atoms with Gasteiger partial charge in [-0.2, -0.15) is 5.10 Å². The van der Waals surface area contributed by atoms with Crippen LogP contribution in [0.15, 0.2) is 10.7 Å². The number of hydrogen-bond donors (Lipinski definition) is 1. The van der Waals surface area contributed by atoms with Gasteiger partial charge < -0.3 is 0 Å². The summed E-state index contributed by atoms with van der Waals surface area (Å²) in [6.45, 7) is 2.24. The van der Waals surface area contributed by atoms with Crippen LogP contribution in [0.1, 0.15) is 44.7 Å². The Labute approximate surface area is 88.3 Å². The predicted molar refractivity (Wildman–Crippen MR) is 58.8 cm³/mol. The van der Waals surface area contributed by atoms with E-state index in [0.29, 0.717) is 0 Å². The van der Waals surface area contributed by atoms with Gasteiger partial charge in [0, 0.05) is 6.20 Å². The Bertz CT molecular complexity index is 233. The molecule has 0 aliphatic carbocycles. The number of nitrogens with one attached hydrogen (secondary N) is 1. The monoisotopic (exact) mass is 244 g/mol. The molecular weight excluding hydrogens is 228 g/mol. The molecule has 0 aliphatic rings. The summed E-state index contributed by atoms with van der Waals surface area (Å²) in [5.74, 6) is 0. The van der Waals surface area contributed by atoms with Crippen molar-refractivity contribution in [3.05, 3.63) is 16.4 Å². The Balaban J connectivity index is 2.10. The zero-order valence-corrected chi connectivity index (χ0v) is 9.73. The van der Waals surface area contributed by atoms with E-state index in [4.69, 9.17) is 0 Å². The number of H-pyrrole nitrogens is 1. The summed E-state index contributed by atoms with van der Waals surface area (Å²) in [6.07, 6.45) is 9.60. The number of unbranched alkanes of at least 4 members (excludes halogenated alkanes) is 4. The topological polar surface area (TPSA) is 28.7 Å². The van der Waals surface area contributed by atoms with Gasteiger partial charge in [0.2, 0.25) is 0 Å². The molecule has 74 valence electrons. The molecule has 0 atom stereocenters. The van der Waals surface area contributed by atoms with E-state index < -0.39 is 0 Å². The highest BCUT2D eigenvalue weighted by Crippen LogP contribution is 2.15. The maximum atomic E-state index is 4.16. The molecular formula is C10H17BrN2. The molecule has 1 aromatic heterocycles. The Kier molecular flexibility index (Phi) is 5.13. The lowest BCUT2D eigenvalue weighted by atomic mass is 10.1. The molecule has 3 heteroatoms. The third-order valence-corrected chi connectivity index (χ3v) is 2.87. The minimum atomic E-state index is 1.09. The predicted octanol–water partition coefficient (Wildman–Crippen LogP) is 3.69. The molecule has 0 aromatic carbocycles. The number of nitrogens with zero attached hydrogens (tertiary/aromatic N) is 1. The Morgan fingerprint density at radius 3 is 2.69 bits per heavy atom. The quantitative estimate of drug-likeness (QED) is 0.761. The molecule has 0 radical (unpaired) electrons. The lowest BCUT2D eigenvalue weighted by Gasteiger charge is -1.98. The van der Waals surface area contributed by atoms with Crippen LogP contribution < -0.4 is 0 Å². The lowest BCUT2D eigenvalue weighted by molar-refractivity contribution is 0.627. The van der Waals surface area contributed by atoms with Crippen molar-refractivity contribution in [2.45, 2.75) is 45.4 Å². The fourth-order valence-electron chi connectivity index (χ4n) is 1.37. The summed E-state index contributed by atoms with van der Waals surface area (Å²) in [6, 6.07) is 0. The third kappa shape index (κ3) is 3.94. The van der Waals surface area contributed by atoms with Crippen molar-refractivity contribution in [1.82, 2.24) is 10.2 Å². The Hall–Kier alpha value is -0.310. The number of aromatic nitrogens is 2. The fourth-order valence-corrected chi connectivity index (χ4v) is 1.76. The molecule has 0 fully saturated rings. The van der Waals surface area contributed by atoms with Crippen LogP contribution in [0.4, 0.5) is 0 Å². The second-order valence-electron chi connectivity index (χ2n) is 3.34. The highest BCUT2D eigenvalue weighted by molar-refractivity contribution is 9.10. The molecule has 0 unspecified atom stereocenters. The van der Waals surface area contributed by atoms with Gasteiger partial charge in [-0.25, -0.2) is 0 Å². The third-order valence-electron chi connectivity index (χ3n) is 2.18. The van der Waals surface area contributed by atoms with Crippen molar-refractivity contribution >= 4 is 15.9 Å². The summed E-state index contributed by atoms with van der Waals surface area (Å²) >= 11 is 3.46. The Morgan fingerprint density at radius 2 is 2.08 bits per heavy atom. The number of rotatable bonds is 6. The van der Waals surface area contributed by atoms with Gasteiger partial charge in [0.15, 0.2) is 0 Å². The summed E-state index contributed by atoms with van der Waals surface area (Å²) in [5.41, 5.74) is 1.16. The van der Waals surface area contributed by atoms with E-state index in [-0.39, 0.29) is 0 Å². The first-order valence-electron chi connectivity index (χ1n) is 5.02. The van der Waals surface area contributed by atoms with Crippen LogP contribution in [0.5, 0.6) is 0 Å². The second-order valence-corrected chi connectivity index (χ2v) is 4.20. The van der Waals surface area contributed by atoms with E-state index in [1.54, 1.807) is 0 Å². The molecule has 0 aliphatic heterocycles. The largest absolute Gasteiger partial charge is 0.284 e. The normalized spacial score (nSPS) is 10.6. The first kappa shape index (κ1) is 10.8. The van der Waals surface area contributed by atoms with Gasteiger partial charge >= 0.3 is 0 Å². The highest BCUT2D eigenvalue weighted by atomic mass is 79.9. The molecule has 0 saturated heterocycles. The maximum Gasteiger partial charge on any atom is 0.0764 e. The standard InChI is InChI=1S/C10H17BrN2/c1-2-3-4-5-6-7-10-9(11)8-12-13-10/h8H,2-7H2,1H3,(H,12,13). The maximum absolute atomic E-state index is 4.16. The zero-order chi connectivity index (χ0) is 9.52. The minimum Gasteiger partial charge on any atom is -0.284 e. The molecule has 2 nitrogen and oxygen atoms in total. The van der Waals surface area contributed by atoms with Gasteiger partial charge in [-0.15, -0.1) is 0 Å². The SMILES string of the molecule is CCCCCCCc1n[nH]cc1Br. The minimum absolute atomic E-state index is 1.09. The molecule has 0 spiro atoms. The van der Waals surface area contributed by atoms with Gasteiger partial charge in [0.1, 0.15) is 0 Å². The van der Waals surface area contributed by atoms with E-state index in [2.05, 4.69) is 33.1 Å². The van der Waals surface area contributed by atoms with E-state index in [1.807, 2.05) is 6.20 Å². The smallest absolute Gasteiger partial charge is 0.0764 e. The van der Waals surface area contributed by atoms with Gasteiger partial charge in [-0.05, 0) is 28.8 Å². The summed E-state index contributed by atoms with van der Waals surface area (Å²) in [5, 5.41) is 7.01. The zero-order valence-electron chi connectivity index (χ0n) is 8.15. The molecule has 1 N–H and O–H groups in total. The highest BCUT2D eigenvalue weighted by Gasteiger charge is 2.01. The summed E-state index contributed by atoms with van der Waals surface area (Å²) in [4.78, 5) is 0. The van der Waals surface area contributed by atoms with Crippen molar-refractivity contribution in [2.24, 2.45) is 0 Å². The molecule has 0 bridgehead atoms. The first-order chi connectivity index (χ1) is 6.34. The van der Waals surface area contributed by atoms with Crippen LogP contribution in [0.3, 0.4) is 0 Å². The van der Waals surface area contributed by atoms with Crippen molar-refractivity contribution in [3.8, 4) is 0 Å². The van der Waals surface area contributed by atoms with Crippen LogP contribution in [-0.2, 0) is 6.42 Å². The molecule has 0 amide bonds. The van der Waals surface area contributed by atoms with Crippen LogP contribution in [-0.4, -0.2) is 10.2 Å². The number of halogens is 1. The van der Waals surface area contributed by atoms with Crippen LogP contribution in [0.25, 0.3) is 0 Å². The van der Waals surface area contributed by atoms with Crippen LogP contribution in [0, 0.1) is 0 Å². The molecule has 1 aromatic rings. The van der Waals surface area contributed by atoms with Crippen molar-refractivity contribution < 1.29 is 0 Å². The van der Waals surface area contributed by atoms with E-state index in [9.17, 15) is 0 Å². The van der Waals surface area contributed by atoms with Crippen molar-refractivity contribution in [1.29, 1.82) is 0 Å². The second kappa shape index (κ2) is 6.19. The average Bonchev–Trinajstić information content (AvgIpc) is 2.52. The number of aromatic amines is 1. The first-order valence-corrected chi connectivity index (χ1v) is 5.82. The molecule has 1 rings (SSSR count).